The van der Waals surface area contributed by atoms with Crippen LogP contribution in [0, 0.1) is 0 Å². The molecular weight excluding hydrogens is 188 g/mol. The van der Waals surface area contributed by atoms with Gasteiger partial charge in [-0.05, 0) is 13.3 Å². The summed E-state index contributed by atoms with van der Waals surface area (Å²) in [5, 5.41) is 15.7. The Hall–Kier alpha value is -1.43. The van der Waals surface area contributed by atoms with Gasteiger partial charge < -0.3 is 15.9 Å². The third-order valence-electron chi connectivity index (χ3n) is 1.17. The van der Waals surface area contributed by atoms with Gasteiger partial charge >= 0.3 is 11.9 Å². The molecule has 0 aromatic carbocycles. The van der Waals surface area contributed by atoms with Crippen LogP contribution in [0.3, 0.4) is 0 Å². The predicted octanol–water partition coefficient (Wildman–Crippen LogP) is -0.0284. The van der Waals surface area contributed by atoms with Crippen molar-refractivity contribution in [2.45, 2.75) is 20.3 Å². The van der Waals surface area contributed by atoms with E-state index < -0.39 is 11.9 Å². The number of rotatable bonds is 4. The van der Waals surface area contributed by atoms with Crippen LogP contribution in [0.15, 0.2) is 4.99 Å². The fourth-order valence-corrected chi connectivity index (χ4v) is 0.314. The first-order valence-corrected chi connectivity index (χ1v) is 4.07. The Balaban J connectivity index is 0. The second-order valence-corrected chi connectivity index (χ2v) is 2.40. The molecule has 0 bridgehead atoms. The average Bonchev–Trinajstić information content (AvgIpc) is 2.14. The minimum atomic E-state index is -0.968. The summed E-state index contributed by atoms with van der Waals surface area (Å²) in [7, 11) is 0. The molecule has 82 valence electrons. The SMILES string of the molecule is CCC(C)=NCC(=O)O.NCC(=O)O. The number of aliphatic carboxylic acids is 2. The molecule has 0 aromatic heterocycles. The van der Waals surface area contributed by atoms with Crippen LogP contribution in [0.1, 0.15) is 20.3 Å². The Morgan fingerprint density at radius 2 is 1.71 bits per heavy atom. The van der Waals surface area contributed by atoms with Gasteiger partial charge in [-0.25, -0.2) is 0 Å². The first-order valence-electron chi connectivity index (χ1n) is 4.07. The number of hydrogen-bond acceptors (Lipinski definition) is 4. The summed E-state index contributed by atoms with van der Waals surface area (Å²) in [5.41, 5.74) is 5.46. The Labute approximate surface area is 82.4 Å². The van der Waals surface area contributed by atoms with Crippen LogP contribution in [0.4, 0.5) is 0 Å². The maximum absolute atomic E-state index is 9.91. The summed E-state index contributed by atoms with van der Waals surface area (Å²) in [4.78, 5) is 22.9. The maximum atomic E-state index is 9.91. The van der Waals surface area contributed by atoms with Crippen LogP contribution >= 0.6 is 0 Å². The van der Waals surface area contributed by atoms with Crippen LogP contribution in [-0.4, -0.2) is 41.0 Å². The Kier molecular flexibility index (Phi) is 10.4. The molecule has 0 fully saturated rings. The molecule has 0 saturated carbocycles. The van der Waals surface area contributed by atoms with E-state index >= 15 is 0 Å². The zero-order chi connectivity index (χ0) is 11.6. The van der Waals surface area contributed by atoms with E-state index in [4.69, 9.17) is 10.2 Å². The highest BCUT2D eigenvalue weighted by atomic mass is 16.4. The van der Waals surface area contributed by atoms with Crippen molar-refractivity contribution >= 4 is 17.7 Å². The third kappa shape index (κ3) is 16.9. The molecule has 14 heavy (non-hydrogen) atoms. The fraction of sp³-hybridized carbons (Fsp3) is 0.625. The number of carboxylic acids is 2. The number of aliphatic imine (C=N–C) groups is 1. The molecular formula is C8H16N2O4. The quantitative estimate of drug-likeness (QED) is 0.556. The molecule has 6 nitrogen and oxygen atoms in total. The smallest absolute Gasteiger partial charge is 0.325 e. The van der Waals surface area contributed by atoms with Crippen LogP contribution in [0.25, 0.3) is 0 Å². The highest BCUT2D eigenvalue weighted by Crippen LogP contribution is 1.83. The molecule has 0 rings (SSSR count). The lowest BCUT2D eigenvalue weighted by atomic mass is 10.3. The predicted molar refractivity (Wildman–Crippen MR) is 52.6 cm³/mol. The lowest BCUT2D eigenvalue weighted by Crippen LogP contribution is -2.10. The molecule has 6 heteroatoms. The standard InChI is InChI=1S/C6H11NO2.C2H5NO2/c1-3-5(2)7-4-6(8)9;3-1-2(4)5/h3-4H2,1-2H3,(H,8,9);1,3H2,(H,4,5). The van der Waals surface area contributed by atoms with Crippen molar-refractivity contribution in [1.29, 1.82) is 0 Å². The van der Waals surface area contributed by atoms with E-state index in [2.05, 4.69) is 10.7 Å². The molecule has 0 spiro atoms. The molecule has 0 aliphatic carbocycles. The average molecular weight is 204 g/mol. The number of hydrogen-bond donors (Lipinski definition) is 3. The zero-order valence-corrected chi connectivity index (χ0v) is 8.36. The van der Waals surface area contributed by atoms with E-state index in [-0.39, 0.29) is 13.1 Å². The third-order valence-corrected chi connectivity index (χ3v) is 1.17. The van der Waals surface area contributed by atoms with Crippen LogP contribution < -0.4 is 5.73 Å². The van der Waals surface area contributed by atoms with E-state index in [9.17, 15) is 9.59 Å². The number of carbonyl (C=O) groups is 2. The van der Waals surface area contributed by atoms with Gasteiger partial charge in [-0.1, -0.05) is 6.92 Å². The molecule has 0 atom stereocenters. The number of nitrogens with two attached hydrogens (primary N) is 1. The Morgan fingerprint density at radius 1 is 1.29 bits per heavy atom. The molecule has 0 saturated heterocycles. The molecule has 4 N–H and O–H groups in total. The van der Waals surface area contributed by atoms with Crippen molar-refractivity contribution in [3.63, 3.8) is 0 Å². The van der Waals surface area contributed by atoms with Gasteiger partial charge in [-0.15, -0.1) is 0 Å². The molecule has 0 amide bonds. The largest absolute Gasteiger partial charge is 0.480 e. The van der Waals surface area contributed by atoms with Gasteiger partial charge in [-0.2, -0.15) is 0 Å². The summed E-state index contributed by atoms with van der Waals surface area (Å²) in [6, 6.07) is 0. The first-order chi connectivity index (χ1) is 6.43. The maximum Gasteiger partial charge on any atom is 0.325 e. The van der Waals surface area contributed by atoms with E-state index in [0.29, 0.717) is 0 Å². The topological polar surface area (TPSA) is 113 Å². The Morgan fingerprint density at radius 3 is 1.93 bits per heavy atom. The normalized spacial score (nSPS) is 10.1. The highest BCUT2D eigenvalue weighted by Gasteiger charge is 1.91. The molecule has 0 radical (unpaired) electrons. The van der Waals surface area contributed by atoms with Gasteiger partial charge in [0.25, 0.3) is 0 Å². The number of carboxylic acid groups (broad SMARTS) is 2. The van der Waals surface area contributed by atoms with E-state index in [1.807, 2.05) is 13.8 Å². The molecule has 0 unspecified atom stereocenters. The molecule has 0 aromatic rings. The second-order valence-electron chi connectivity index (χ2n) is 2.40. The minimum Gasteiger partial charge on any atom is -0.480 e. The lowest BCUT2D eigenvalue weighted by molar-refractivity contribution is -0.136. The first kappa shape index (κ1) is 15.1. The van der Waals surface area contributed by atoms with Crippen LogP contribution in [-0.2, 0) is 9.59 Å². The summed E-state index contributed by atoms with van der Waals surface area (Å²) in [6.45, 7) is 3.39. The van der Waals surface area contributed by atoms with Crippen molar-refractivity contribution in [1.82, 2.24) is 0 Å². The van der Waals surface area contributed by atoms with Crippen molar-refractivity contribution in [2.75, 3.05) is 13.1 Å². The molecule has 0 aliphatic heterocycles. The van der Waals surface area contributed by atoms with Crippen molar-refractivity contribution in [3.05, 3.63) is 0 Å². The molecule has 0 heterocycles. The van der Waals surface area contributed by atoms with Gasteiger partial charge in [0.05, 0.1) is 6.54 Å². The minimum absolute atomic E-state index is 0.0975. The summed E-state index contributed by atoms with van der Waals surface area (Å²) >= 11 is 0. The summed E-state index contributed by atoms with van der Waals surface area (Å²) in [5.74, 6) is -1.84. The van der Waals surface area contributed by atoms with Crippen molar-refractivity contribution < 1.29 is 19.8 Å². The summed E-state index contributed by atoms with van der Waals surface area (Å²) < 4.78 is 0. The van der Waals surface area contributed by atoms with Gasteiger partial charge in [0.2, 0.25) is 0 Å². The highest BCUT2D eigenvalue weighted by molar-refractivity contribution is 5.83. The van der Waals surface area contributed by atoms with Crippen molar-refractivity contribution in [2.24, 2.45) is 10.7 Å². The van der Waals surface area contributed by atoms with Gasteiger partial charge in [0.15, 0.2) is 0 Å². The molecule has 0 aliphatic rings. The van der Waals surface area contributed by atoms with E-state index in [0.717, 1.165) is 12.1 Å². The van der Waals surface area contributed by atoms with E-state index in [1.165, 1.54) is 0 Å². The fourth-order valence-electron chi connectivity index (χ4n) is 0.314. The van der Waals surface area contributed by atoms with Crippen LogP contribution in [0.5, 0.6) is 0 Å². The zero-order valence-electron chi connectivity index (χ0n) is 8.36. The Bertz CT molecular complexity index is 213. The van der Waals surface area contributed by atoms with E-state index in [1.54, 1.807) is 0 Å². The van der Waals surface area contributed by atoms with Gasteiger partial charge in [0, 0.05) is 5.71 Å². The lowest BCUT2D eigenvalue weighted by Gasteiger charge is -1.90. The monoisotopic (exact) mass is 204 g/mol. The van der Waals surface area contributed by atoms with Gasteiger partial charge in [-0.3, -0.25) is 14.6 Å². The second kappa shape index (κ2) is 9.66. The summed E-state index contributed by atoms with van der Waals surface area (Å²) in [6.07, 6.45) is 0.827. The number of nitrogens with zero attached hydrogens (tertiary/aromatic N) is 1. The van der Waals surface area contributed by atoms with Gasteiger partial charge in [0.1, 0.15) is 6.54 Å². The van der Waals surface area contributed by atoms with Crippen LogP contribution in [0.2, 0.25) is 0 Å². The van der Waals surface area contributed by atoms with Crippen molar-refractivity contribution in [3.8, 4) is 0 Å².